The minimum atomic E-state index is -4.39. The molecule has 0 spiro atoms. The molecule has 1 unspecified atom stereocenters. The Kier molecular flexibility index (Phi) is 4.45. The number of aliphatic imine (C=N–C) groups is 1. The molecule has 2 nitrogen and oxygen atoms in total. The Hall–Kier alpha value is -0.690. The normalized spacial score (nSPS) is 20.1. The van der Waals surface area contributed by atoms with Gasteiger partial charge in [0.05, 0.1) is 17.3 Å². The summed E-state index contributed by atoms with van der Waals surface area (Å²) in [4.78, 5) is 4.31. The van der Waals surface area contributed by atoms with Gasteiger partial charge in [-0.05, 0) is 31.5 Å². The smallest absolute Gasteiger partial charge is 0.334 e. The third-order valence-electron chi connectivity index (χ3n) is 2.64. The van der Waals surface area contributed by atoms with Crippen LogP contribution in [-0.4, -0.2) is 17.0 Å². The average Bonchev–Trinajstić information content (AvgIpc) is 2.30. The van der Waals surface area contributed by atoms with Crippen molar-refractivity contribution in [2.45, 2.75) is 25.6 Å². The Morgan fingerprint density at radius 2 is 2.16 bits per heavy atom. The van der Waals surface area contributed by atoms with E-state index in [1.165, 1.54) is 17.8 Å². The van der Waals surface area contributed by atoms with Crippen LogP contribution in [0.5, 0.6) is 0 Å². The molecule has 19 heavy (non-hydrogen) atoms. The maximum absolute atomic E-state index is 13.0. The molecular formula is C12H12BrF3N2S. The second-order valence-electron chi connectivity index (χ2n) is 4.23. The first-order valence-electron chi connectivity index (χ1n) is 5.70. The number of thioether (sulfide) groups is 1. The molecule has 0 bridgehead atoms. The number of nitrogens with zero attached hydrogens (tertiary/aromatic N) is 1. The number of anilines is 1. The number of nitrogens with one attached hydrogen (secondary N) is 1. The lowest BCUT2D eigenvalue weighted by atomic mass is 10.1. The molecule has 0 aromatic heterocycles. The molecular weight excluding hydrogens is 341 g/mol. The number of hydrogen-bond acceptors (Lipinski definition) is 3. The fraction of sp³-hybridized carbons (Fsp3) is 0.417. The molecule has 0 fully saturated rings. The van der Waals surface area contributed by atoms with Crippen LogP contribution in [0, 0.1) is 0 Å². The minimum Gasteiger partial charge on any atom is -0.334 e. The molecule has 1 aromatic rings. The number of hydrogen-bond donors (Lipinski definition) is 1. The van der Waals surface area contributed by atoms with Crippen LogP contribution < -0.4 is 5.32 Å². The maximum atomic E-state index is 13.0. The van der Waals surface area contributed by atoms with E-state index in [1.54, 1.807) is 6.07 Å². The van der Waals surface area contributed by atoms with Gasteiger partial charge in [0.1, 0.15) is 0 Å². The molecule has 1 atom stereocenters. The number of benzene rings is 1. The van der Waals surface area contributed by atoms with Crippen LogP contribution in [0.4, 0.5) is 18.9 Å². The van der Waals surface area contributed by atoms with Gasteiger partial charge in [-0.15, -0.1) is 0 Å². The summed E-state index contributed by atoms with van der Waals surface area (Å²) in [5, 5.41) is 3.33. The number of alkyl halides is 3. The third-order valence-corrected chi connectivity index (χ3v) is 4.05. The minimum absolute atomic E-state index is 0.0380. The Labute approximate surface area is 122 Å². The summed E-state index contributed by atoms with van der Waals surface area (Å²) in [6, 6.07) is 4.21. The van der Waals surface area contributed by atoms with Gasteiger partial charge >= 0.3 is 6.18 Å². The molecule has 104 valence electrons. The van der Waals surface area contributed by atoms with Gasteiger partial charge in [-0.25, -0.2) is 0 Å². The highest BCUT2D eigenvalue weighted by Crippen LogP contribution is 2.37. The Balaban J connectivity index is 2.30. The van der Waals surface area contributed by atoms with Crippen molar-refractivity contribution in [1.29, 1.82) is 0 Å². The largest absolute Gasteiger partial charge is 0.418 e. The molecule has 0 amide bonds. The van der Waals surface area contributed by atoms with Crippen molar-refractivity contribution in [3.05, 3.63) is 28.2 Å². The van der Waals surface area contributed by atoms with E-state index in [1.807, 2.05) is 6.92 Å². The van der Waals surface area contributed by atoms with E-state index in [9.17, 15) is 13.2 Å². The monoisotopic (exact) mass is 352 g/mol. The molecule has 1 aliphatic rings. The summed E-state index contributed by atoms with van der Waals surface area (Å²) in [6.07, 6.45) is -3.44. The summed E-state index contributed by atoms with van der Waals surface area (Å²) in [6.45, 7) is 1.95. The Morgan fingerprint density at radius 1 is 1.42 bits per heavy atom. The summed E-state index contributed by atoms with van der Waals surface area (Å²) >= 11 is 4.51. The highest BCUT2D eigenvalue weighted by Gasteiger charge is 2.34. The lowest BCUT2D eigenvalue weighted by Crippen LogP contribution is -2.20. The average molecular weight is 353 g/mol. The van der Waals surface area contributed by atoms with Crippen LogP contribution in [0.1, 0.15) is 18.9 Å². The molecule has 0 saturated carbocycles. The number of amidine groups is 1. The predicted octanol–water partition coefficient (Wildman–Crippen LogP) is 4.76. The molecule has 0 aliphatic carbocycles. The molecule has 0 saturated heterocycles. The van der Waals surface area contributed by atoms with Gasteiger partial charge in [0, 0.05) is 10.2 Å². The van der Waals surface area contributed by atoms with Crippen molar-refractivity contribution >= 4 is 38.5 Å². The number of halogens is 4. The van der Waals surface area contributed by atoms with E-state index < -0.39 is 11.7 Å². The first-order valence-corrected chi connectivity index (χ1v) is 7.48. The van der Waals surface area contributed by atoms with Crippen molar-refractivity contribution in [3.63, 3.8) is 0 Å². The van der Waals surface area contributed by atoms with Crippen molar-refractivity contribution in [1.82, 2.24) is 0 Å². The summed E-state index contributed by atoms with van der Waals surface area (Å²) in [5.41, 5.74) is -0.653. The molecule has 0 radical (unpaired) electrons. The molecule has 1 heterocycles. The Bertz CT molecular complexity index is 502. The van der Waals surface area contributed by atoms with Crippen LogP contribution in [0.2, 0.25) is 0 Å². The summed E-state index contributed by atoms with van der Waals surface area (Å²) in [5.74, 6) is 0.866. The SMILES string of the molecule is CC1CCSC(Nc2ccc(Br)cc2C(F)(F)F)=N1. The number of rotatable bonds is 1. The van der Waals surface area contributed by atoms with Gasteiger partial charge < -0.3 is 5.32 Å². The van der Waals surface area contributed by atoms with Gasteiger partial charge in [-0.2, -0.15) is 13.2 Å². The zero-order chi connectivity index (χ0) is 14.0. The fourth-order valence-electron chi connectivity index (χ4n) is 1.67. The van der Waals surface area contributed by atoms with Crippen molar-refractivity contribution in [2.75, 3.05) is 11.1 Å². The summed E-state index contributed by atoms with van der Waals surface area (Å²) in [7, 11) is 0. The van der Waals surface area contributed by atoms with Crippen LogP contribution in [0.25, 0.3) is 0 Å². The standard InChI is InChI=1S/C12H12BrF3N2S/c1-7-4-5-19-11(17-7)18-10-3-2-8(13)6-9(10)12(14,15)16/h2-3,6-7H,4-5H2,1H3,(H,17,18). The highest BCUT2D eigenvalue weighted by molar-refractivity contribution is 9.10. The lowest BCUT2D eigenvalue weighted by Gasteiger charge is -2.20. The predicted molar refractivity (Wildman–Crippen MR) is 76.7 cm³/mol. The first-order chi connectivity index (χ1) is 8.86. The van der Waals surface area contributed by atoms with E-state index in [4.69, 9.17) is 0 Å². The molecule has 1 aromatic carbocycles. The second kappa shape index (κ2) is 5.75. The Morgan fingerprint density at radius 3 is 2.79 bits per heavy atom. The topological polar surface area (TPSA) is 24.4 Å². The fourth-order valence-corrected chi connectivity index (χ4v) is 3.12. The molecule has 1 N–H and O–H groups in total. The third kappa shape index (κ3) is 3.89. The molecule has 7 heteroatoms. The van der Waals surface area contributed by atoms with Gasteiger partial charge in [0.2, 0.25) is 0 Å². The maximum Gasteiger partial charge on any atom is 0.418 e. The van der Waals surface area contributed by atoms with Crippen LogP contribution in [0.15, 0.2) is 27.7 Å². The van der Waals surface area contributed by atoms with Crippen molar-refractivity contribution < 1.29 is 13.2 Å². The molecule has 2 rings (SSSR count). The van der Waals surface area contributed by atoms with Crippen LogP contribution in [0.3, 0.4) is 0 Å². The van der Waals surface area contributed by atoms with Gasteiger partial charge in [0.15, 0.2) is 5.17 Å². The zero-order valence-corrected chi connectivity index (χ0v) is 12.5. The van der Waals surface area contributed by atoms with Crippen LogP contribution in [-0.2, 0) is 6.18 Å². The summed E-state index contributed by atoms with van der Waals surface area (Å²) < 4.78 is 39.3. The van der Waals surface area contributed by atoms with E-state index >= 15 is 0 Å². The van der Waals surface area contributed by atoms with E-state index in [0.29, 0.717) is 9.64 Å². The van der Waals surface area contributed by atoms with Crippen LogP contribution >= 0.6 is 27.7 Å². The highest BCUT2D eigenvalue weighted by atomic mass is 79.9. The van der Waals surface area contributed by atoms with Crippen molar-refractivity contribution in [2.24, 2.45) is 4.99 Å². The van der Waals surface area contributed by atoms with E-state index in [2.05, 4.69) is 26.2 Å². The van der Waals surface area contributed by atoms with Gasteiger partial charge in [-0.3, -0.25) is 4.99 Å². The van der Waals surface area contributed by atoms with Crippen molar-refractivity contribution in [3.8, 4) is 0 Å². The quantitative estimate of drug-likeness (QED) is 0.787. The van der Waals surface area contributed by atoms with E-state index in [0.717, 1.165) is 18.2 Å². The lowest BCUT2D eigenvalue weighted by molar-refractivity contribution is -0.136. The van der Waals surface area contributed by atoms with Gasteiger partial charge in [-0.1, -0.05) is 27.7 Å². The van der Waals surface area contributed by atoms with Gasteiger partial charge in [0.25, 0.3) is 0 Å². The second-order valence-corrected chi connectivity index (χ2v) is 6.23. The zero-order valence-electron chi connectivity index (χ0n) is 10.1. The van der Waals surface area contributed by atoms with E-state index in [-0.39, 0.29) is 11.7 Å². The first kappa shape index (κ1) is 14.7. The molecule has 1 aliphatic heterocycles.